The average molecular weight is 569 g/mol. The van der Waals surface area contributed by atoms with Crippen LogP contribution in [-0.2, 0) is 22.7 Å². The zero-order valence-corrected chi connectivity index (χ0v) is 17.8. The molecule has 0 bridgehead atoms. The van der Waals surface area contributed by atoms with Gasteiger partial charge in [0.15, 0.2) is 0 Å². The fourth-order valence-electron chi connectivity index (χ4n) is 1.57. The third kappa shape index (κ3) is 7.59. The summed E-state index contributed by atoms with van der Waals surface area (Å²) in [5.41, 5.74) is 1.89. The van der Waals surface area contributed by atoms with Crippen molar-refractivity contribution in [3.8, 4) is 0 Å². The van der Waals surface area contributed by atoms with Gasteiger partial charge in [-0.3, -0.25) is 0 Å². The van der Waals surface area contributed by atoms with Gasteiger partial charge < -0.3 is 9.11 Å². The first kappa shape index (κ1) is 19.3. The molecular weight excluding hydrogens is 556 g/mol. The Hall–Kier alpha value is -0.0400. The molecule has 23 heavy (non-hydrogen) atoms. The van der Waals surface area contributed by atoms with Crippen molar-refractivity contribution in [2.75, 3.05) is 0 Å². The lowest BCUT2D eigenvalue weighted by Gasteiger charge is -2.06. The second kappa shape index (κ2) is 10.1. The van der Waals surface area contributed by atoms with Gasteiger partial charge in [-0.1, -0.05) is 24.3 Å². The Bertz CT molecular complexity index is 616. The zero-order valence-electron chi connectivity index (χ0n) is 11.8. The first-order valence-corrected chi connectivity index (χ1v) is 11.1. The molecule has 2 aromatic rings. The number of nitrogens with one attached hydrogen (secondary N) is 1. The number of rotatable bonds is 6. The van der Waals surface area contributed by atoms with Crippen LogP contribution in [0.3, 0.4) is 0 Å². The van der Waals surface area contributed by atoms with Crippen molar-refractivity contribution < 1.29 is 9.11 Å². The predicted molar refractivity (Wildman–Crippen MR) is 116 cm³/mol. The van der Waals surface area contributed by atoms with Crippen molar-refractivity contribution >= 4 is 80.1 Å². The molecule has 2 unspecified atom stereocenters. The molecule has 2 aromatic carbocycles. The highest BCUT2D eigenvalue weighted by Gasteiger charge is 2.11. The lowest BCUT2D eigenvalue weighted by molar-refractivity contribution is 0.585. The molecule has 0 saturated heterocycles. The van der Waals surface area contributed by atoms with E-state index in [1.807, 2.05) is 48.5 Å². The van der Waals surface area contributed by atoms with E-state index in [0.717, 1.165) is 18.3 Å². The second-order valence-corrected chi connectivity index (χ2v) is 9.28. The first-order valence-electron chi connectivity index (χ1n) is 6.48. The normalized spacial score (nSPS) is 14.4. The average Bonchev–Trinajstić information content (AvgIpc) is 2.54. The van der Waals surface area contributed by atoms with Gasteiger partial charge in [0, 0.05) is 11.3 Å². The van der Waals surface area contributed by atoms with E-state index in [4.69, 9.17) is 0 Å². The molecule has 0 radical (unpaired) electrons. The maximum absolute atomic E-state index is 11.8. The first-order chi connectivity index (χ1) is 11.0. The molecule has 2 atom stereocenters. The Kier molecular flexibility index (Phi) is 8.44. The lowest BCUT2D eigenvalue weighted by atomic mass is 10.2. The Morgan fingerprint density at radius 1 is 0.696 bits per heavy atom. The van der Waals surface area contributed by atoms with Gasteiger partial charge in [-0.05, 0) is 92.7 Å². The van der Waals surface area contributed by atoms with E-state index in [0.29, 0.717) is 0 Å². The second-order valence-electron chi connectivity index (χ2n) is 4.39. The van der Waals surface area contributed by atoms with Crippen LogP contribution in [0.15, 0.2) is 59.3 Å². The molecule has 7 heteroatoms. The van der Waals surface area contributed by atoms with Crippen molar-refractivity contribution in [1.82, 2.24) is 4.13 Å². The molecule has 0 amide bonds. The van der Waals surface area contributed by atoms with E-state index in [9.17, 15) is 9.11 Å². The molecule has 0 aliphatic heterocycles. The van der Waals surface area contributed by atoms with Crippen LogP contribution in [0.4, 0.5) is 0 Å². The summed E-state index contributed by atoms with van der Waals surface area (Å²) >= 11 is 1.45. The van der Waals surface area contributed by atoms with Crippen LogP contribution in [-0.4, -0.2) is 9.11 Å². The minimum Gasteiger partial charge on any atom is -0.590 e. The van der Waals surface area contributed by atoms with E-state index >= 15 is 0 Å². The molecule has 3 nitrogen and oxygen atoms in total. The fraction of sp³-hybridized carbons (Fsp3) is 0. The van der Waals surface area contributed by atoms with Crippen molar-refractivity contribution in [2.24, 2.45) is 0 Å². The molecule has 0 fully saturated rings. The standard InChI is InChI=1S/C16H13I2NO2S2/c17-15-5-1-13(2-6-15)9-11-22(20)19-23(21)12-10-14-3-7-16(18)8-4-14/h1-12,19H. The Morgan fingerprint density at radius 3 is 1.39 bits per heavy atom. The maximum atomic E-state index is 11.8. The van der Waals surface area contributed by atoms with E-state index in [1.165, 1.54) is 10.8 Å². The van der Waals surface area contributed by atoms with E-state index in [2.05, 4.69) is 49.3 Å². The highest BCUT2D eigenvalue weighted by atomic mass is 127. The number of halogens is 2. The van der Waals surface area contributed by atoms with Gasteiger partial charge in [0.25, 0.3) is 0 Å². The molecular formula is C16H13I2NO2S2. The topological polar surface area (TPSA) is 58.1 Å². The Labute approximate surface area is 169 Å². The number of hydrogen-bond acceptors (Lipinski definition) is 3. The fourth-order valence-corrected chi connectivity index (χ4v) is 3.94. The summed E-state index contributed by atoms with van der Waals surface area (Å²) in [4.78, 5) is 0. The Morgan fingerprint density at radius 2 is 1.04 bits per heavy atom. The molecule has 120 valence electrons. The van der Waals surface area contributed by atoms with Crippen LogP contribution >= 0.6 is 45.2 Å². The smallest absolute Gasteiger partial charge is 0.143 e. The molecule has 0 spiro atoms. The highest BCUT2D eigenvalue weighted by molar-refractivity contribution is 14.1. The van der Waals surface area contributed by atoms with Gasteiger partial charge in [-0.25, -0.2) is 0 Å². The summed E-state index contributed by atoms with van der Waals surface area (Å²) in [6.45, 7) is 0. The van der Waals surface area contributed by atoms with E-state index in [1.54, 1.807) is 12.2 Å². The third-order valence-electron chi connectivity index (χ3n) is 2.67. The summed E-state index contributed by atoms with van der Waals surface area (Å²) in [6.07, 6.45) is 3.47. The molecule has 0 saturated carbocycles. The molecule has 0 aliphatic rings. The molecule has 0 aromatic heterocycles. The summed E-state index contributed by atoms with van der Waals surface area (Å²) in [6, 6.07) is 15.6. The molecule has 0 heterocycles. The highest BCUT2D eigenvalue weighted by Crippen LogP contribution is 2.10. The summed E-state index contributed by atoms with van der Waals surface area (Å²) in [5.74, 6) is 0. The summed E-state index contributed by atoms with van der Waals surface area (Å²) in [7, 11) is 0. The zero-order chi connectivity index (χ0) is 16.7. The van der Waals surface area contributed by atoms with Crippen LogP contribution in [0, 0.1) is 7.14 Å². The van der Waals surface area contributed by atoms with Gasteiger partial charge >= 0.3 is 0 Å². The third-order valence-corrected chi connectivity index (χ3v) is 6.19. The largest absolute Gasteiger partial charge is 0.590 e. The van der Waals surface area contributed by atoms with Crippen molar-refractivity contribution in [2.45, 2.75) is 0 Å². The van der Waals surface area contributed by atoms with Gasteiger partial charge in [-0.2, -0.15) is 0 Å². The SMILES string of the molecule is [O-][S+](C=Cc1ccc(I)cc1)N[S+]([O-])C=Cc1ccc(I)cc1. The number of benzene rings is 2. The number of hydrogen-bond donors (Lipinski definition) is 1. The van der Waals surface area contributed by atoms with E-state index < -0.39 is 22.7 Å². The van der Waals surface area contributed by atoms with Crippen LogP contribution in [0.2, 0.25) is 0 Å². The van der Waals surface area contributed by atoms with Crippen LogP contribution in [0.25, 0.3) is 12.2 Å². The summed E-state index contributed by atoms with van der Waals surface area (Å²) < 4.78 is 28.5. The van der Waals surface area contributed by atoms with Gasteiger partial charge in [-0.15, -0.1) is 0 Å². The van der Waals surface area contributed by atoms with Crippen molar-refractivity contribution in [3.63, 3.8) is 0 Å². The van der Waals surface area contributed by atoms with E-state index in [-0.39, 0.29) is 0 Å². The van der Waals surface area contributed by atoms with Gasteiger partial charge in [0.1, 0.15) is 33.5 Å². The minimum absolute atomic E-state index is 0.945. The van der Waals surface area contributed by atoms with Gasteiger partial charge in [0.05, 0.1) is 0 Å². The lowest BCUT2D eigenvalue weighted by Crippen LogP contribution is -2.27. The minimum atomic E-state index is -1.50. The van der Waals surface area contributed by atoms with Crippen LogP contribution in [0.5, 0.6) is 0 Å². The Balaban J connectivity index is 1.85. The maximum Gasteiger partial charge on any atom is 0.143 e. The quantitative estimate of drug-likeness (QED) is 0.414. The molecule has 0 aliphatic carbocycles. The van der Waals surface area contributed by atoms with Crippen molar-refractivity contribution in [3.05, 3.63) is 77.6 Å². The monoisotopic (exact) mass is 569 g/mol. The van der Waals surface area contributed by atoms with Crippen LogP contribution < -0.4 is 4.13 Å². The summed E-state index contributed by atoms with van der Waals surface area (Å²) in [5, 5.41) is 2.97. The van der Waals surface area contributed by atoms with Crippen LogP contribution in [0.1, 0.15) is 11.1 Å². The van der Waals surface area contributed by atoms with Crippen molar-refractivity contribution in [1.29, 1.82) is 0 Å². The predicted octanol–water partition coefficient (Wildman–Crippen LogP) is 4.45. The van der Waals surface area contributed by atoms with Gasteiger partial charge in [0.2, 0.25) is 0 Å². The molecule has 1 N–H and O–H groups in total. The molecule has 2 rings (SSSR count).